The zero-order chi connectivity index (χ0) is 13.7. The summed E-state index contributed by atoms with van der Waals surface area (Å²) < 4.78 is 13.4. The molecule has 2 saturated carbocycles. The minimum absolute atomic E-state index is 0.153. The normalized spacial score (nSPS) is 27.4. The minimum Gasteiger partial charge on any atom is -0.321 e. The van der Waals surface area contributed by atoms with Crippen LogP contribution in [0, 0.1) is 11.7 Å². The van der Waals surface area contributed by atoms with Crippen LogP contribution in [0.15, 0.2) is 24.3 Å². The molecule has 1 spiro atoms. The molecule has 1 unspecified atom stereocenters. The summed E-state index contributed by atoms with van der Waals surface area (Å²) in [6.07, 6.45) is 5.35. The summed E-state index contributed by atoms with van der Waals surface area (Å²) in [4.78, 5) is 14.5. The number of rotatable bonds is 4. The topological polar surface area (TPSA) is 32.3 Å². The first-order valence-electron chi connectivity index (χ1n) is 7.52. The van der Waals surface area contributed by atoms with Crippen LogP contribution in [0.25, 0.3) is 0 Å². The molecule has 3 fully saturated rings. The van der Waals surface area contributed by atoms with Crippen molar-refractivity contribution in [1.29, 1.82) is 0 Å². The quantitative estimate of drug-likeness (QED) is 0.915. The zero-order valence-electron chi connectivity index (χ0n) is 11.4. The van der Waals surface area contributed by atoms with Crippen molar-refractivity contribution in [3.05, 3.63) is 35.6 Å². The van der Waals surface area contributed by atoms with Crippen LogP contribution in [0.4, 0.5) is 4.39 Å². The van der Waals surface area contributed by atoms with Crippen LogP contribution < -0.4 is 5.32 Å². The number of nitrogens with zero attached hydrogens (tertiary/aromatic N) is 1. The van der Waals surface area contributed by atoms with Crippen LogP contribution in [0.1, 0.15) is 43.8 Å². The molecule has 1 heterocycles. The van der Waals surface area contributed by atoms with Gasteiger partial charge in [-0.25, -0.2) is 4.39 Å². The third kappa shape index (κ3) is 2.03. The lowest BCUT2D eigenvalue weighted by Gasteiger charge is -2.24. The number of amides is 1. The fourth-order valence-electron chi connectivity index (χ4n) is 3.18. The van der Waals surface area contributed by atoms with Gasteiger partial charge in [-0.15, -0.1) is 0 Å². The number of hydrogen-bond donors (Lipinski definition) is 1. The number of carbonyl (C=O) groups excluding carboxylic acids is 1. The number of halogens is 1. The molecule has 4 rings (SSSR count). The van der Waals surface area contributed by atoms with Crippen molar-refractivity contribution in [3.8, 4) is 0 Å². The van der Waals surface area contributed by atoms with Gasteiger partial charge in [0.1, 0.15) is 17.5 Å². The highest BCUT2D eigenvalue weighted by atomic mass is 19.1. The van der Waals surface area contributed by atoms with Crippen molar-refractivity contribution in [2.24, 2.45) is 5.92 Å². The molecule has 0 bridgehead atoms. The Morgan fingerprint density at radius 1 is 1.35 bits per heavy atom. The number of nitrogens with one attached hydrogen (secondary N) is 1. The van der Waals surface area contributed by atoms with E-state index in [-0.39, 0.29) is 23.4 Å². The predicted octanol–water partition coefficient (Wildman–Crippen LogP) is 2.59. The van der Waals surface area contributed by atoms with Gasteiger partial charge >= 0.3 is 0 Å². The fourth-order valence-corrected chi connectivity index (χ4v) is 3.18. The first kappa shape index (κ1) is 12.3. The van der Waals surface area contributed by atoms with Crippen molar-refractivity contribution in [3.63, 3.8) is 0 Å². The van der Waals surface area contributed by atoms with Crippen LogP contribution in [-0.2, 0) is 4.79 Å². The van der Waals surface area contributed by atoms with Crippen LogP contribution in [0.5, 0.6) is 0 Å². The fraction of sp³-hybridized carbons (Fsp3) is 0.562. The van der Waals surface area contributed by atoms with Crippen molar-refractivity contribution in [1.82, 2.24) is 10.2 Å². The monoisotopic (exact) mass is 274 g/mol. The van der Waals surface area contributed by atoms with Crippen LogP contribution in [0.3, 0.4) is 0 Å². The molecule has 1 saturated heterocycles. The molecule has 1 N–H and O–H groups in total. The molecule has 1 amide bonds. The van der Waals surface area contributed by atoms with Crippen molar-refractivity contribution < 1.29 is 9.18 Å². The molecule has 0 aromatic heterocycles. The van der Waals surface area contributed by atoms with Crippen LogP contribution >= 0.6 is 0 Å². The maximum atomic E-state index is 13.4. The SMILES string of the molecule is O=C1N(CCC2CC2)C(c2cccc(F)c2)NC12CC2. The van der Waals surface area contributed by atoms with E-state index in [1.165, 1.54) is 25.0 Å². The Bertz CT molecular complexity index is 551. The third-order valence-electron chi connectivity index (χ3n) is 4.78. The lowest BCUT2D eigenvalue weighted by atomic mass is 10.1. The maximum absolute atomic E-state index is 13.4. The van der Waals surface area contributed by atoms with E-state index in [9.17, 15) is 9.18 Å². The molecule has 0 radical (unpaired) electrons. The van der Waals surface area contributed by atoms with Gasteiger partial charge in [-0.2, -0.15) is 0 Å². The first-order chi connectivity index (χ1) is 9.68. The maximum Gasteiger partial charge on any atom is 0.244 e. The summed E-state index contributed by atoms with van der Waals surface area (Å²) in [7, 11) is 0. The second-order valence-corrected chi connectivity index (χ2v) is 6.41. The molecular weight excluding hydrogens is 255 g/mol. The molecule has 106 valence electrons. The van der Waals surface area contributed by atoms with E-state index >= 15 is 0 Å². The summed E-state index contributed by atoms with van der Waals surface area (Å²) in [6, 6.07) is 6.60. The van der Waals surface area contributed by atoms with Crippen molar-refractivity contribution >= 4 is 5.91 Å². The molecule has 1 aliphatic heterocycles. The van der Waals surface area contributed by atoms with Crippen LogP contribution in [0.2, 0.25) is 0 Å². The second-order valence-electron chi connectivity index (χ2n) is 6.41. The van der Waals surface area contributed by atoms with Gasteiger partial charge < -0.3 is 4.90 Å². The van der Waals surface area contributed by atoms with E-state index in [1.807, 2.05) is 11.0 Å². The summed E-state index contributed by atoms with van der Waals surface area (Å²) in [6.45, 7) is 0.791. The van der Waals surface area contributed by atoms with Gasteiger partial charge in [0.25, 0.3) is 0 Å². The minimum atomic E-state index is -0.333. The van der Waals surface area contributed by atoms with Crippen molar-refractivity contribution in [2.45, 2.75) is 43.8 Å². The second kappa shape index (κ2) is 4.29. The Morgan fingerprint density at radius 3 is 2.80 bits per heavy atom. The first-order valence-corrected chi connectivity index (χ1v) is 7.52. The Balaban J connectivity index is 1.59. The van der Waals surface area contributed by atoms with Gasteiger partial charge in [-0.05, 0) is 42.9 Å². The Morgan fingerprint density at radius 2 is 2.15 bits per heavy atom. The highest BCUT2D eigenvalue weighted by Gasteiger charge is 2.59. The van der Waals surface area contributed by atoms with E-state index in [0.717, 1.165) is 37.3 Å². The molecule has 3 nitrogen and oxygen atoms in total. The number of benzene rings is 1. The summed E-state index contributed by atoms with van der Waals surface area (Å²) in [5.74, 6) is 0.773. The zero-order valence-corrected chi connectivity index (χ0v) is 11.4. The molecule has 1 aromatic rings. The molecular formula is C16H19FN2O. The van der Waals surface area contributed by atoms with E-state index in [1.54, 1.807) is 6.07 Å². The average Bonchev–Trinajstić information content (AvgIpc) is 3.32. The molecule has 4 heteroatoms. The number of carbonyl (C=O) groups is 1. The number of hydrogen-bond acceptors (Lipinski definition) is 2. The summed E-state index contributed by atoms with van der Waals surface area (Å²) in [5.41, 5.74) is 0.526. The van der Waals surface area contributed by atoms with Crippen LogP contribution in [-0.4, -0.2) is 22.9 Å². The van der Waals surface area contributed by atoms with E-state index < -0.39 is 0 Å². The van der Waals surface area contributed by atoms with E-state index in [4.69, 9.17) is 0 Å². The Labute approximate surface area is 118 Å². The van der Waals surface area contributed by atoms with Gasteiger partial charge in [0.2, 0.25) is 5.91 Å². The molecule has 1 aromatic carbocycles. The highest BCUT2D eigenvalue weighted by Crippen LogP contribution is 2.46. The predicted molar refractivity (Wildman–Crippen MR) is 73.3 cm³/mol. The average molecular weight is 274 g/mol. The standard InChI is InChI=1S/C16H19FN2O/c17-13-3-1-2-12(10-13)14-18-16(7-8-16)15(20)19(14)9-6-11-4-5-11/h1-3,10-11,14,18H,4-9H2. The molecule has 1 atom stereocenters. The Hall–Kier alpha value is -1.42. The molecule has 2 aliphatic carbocycles. The summed E-state index contributed by atoms with van der Waals surface area (Å²) >= 11 is 0. The molecule has 3 aliphatic rings. The lowest BCUT2D eigenvalue weighted by molar-refractivity contribution is -0.131. The van der Waals surface area contributed by atoms with Crippen molar-refractivity contribution in [2.75, 3.05) is 6.54 Å². The largest absolute Gasteiger partial charge is 0.321 e. The Kier molecular flexibility index (Phi) is 2.64. The molecule has 20 heavy (non-hydrogen) atoms. The van der Waals surface area contributed by atoms with E-state index in [0.29, 0.717) is 0 Å². The third-order valence-corrected chi connectivity index (χ3v) is 4.78. The van der Waals surface area contributed by atoms with Gasteiger partial charge in [0.05, 0.1) is 0 Å². The summed E-state index contributed by atoms with van der Waals surface area (Å²) in [5, 5.41) is 3.44. The highest BCUT2D eigenvalue weighted by molar-refractivity contribution is 5.92. The smallest absolute Gasteiger partial charge is 0.244 e. The van der Waals surface area contributed by atoms with E-state index in [2.05, 4.69) is 5.32 Å². The van der Waals surface area contributed by atoms with Gasteiger partial charge in [0, 0.05) is 6.54 Å². The van der Waals surface area contributed by atoms with Gasteiger partial charge in [-0.3, -0.25) is 10.1 Å². The van der Waals surface area contributed by atoms with Gasteiger partial charge in [0.15, 0.2) is 0 Å². The lowest BCUT2D eigenvalue weighted by Crippen LogP contribution is -2.33. The van der Waals surface area contributed by atoms with Gasteiger partial charge in [-0.1, -0.05) is 25.0 Å².